The minimum Gasteiger partial charge on any atom is -0.394 e. The summed E-state index contributed by atoms with van der Waals surface area (Å²) in [4.78, 5) is 11.3. The van der Waals surface area contributed by atoms with Crippen molar-refractivity contribution in [1.29, 1.82) is 0 Å². The number of rotatable bonds is 5. The fraction of sp³-hybridized carbons (Fsp3) is 0.533. The van der Waals surface area contributed by atoms with E-state index in [4.69, 9.17) is 21.1 Å². The molecular weight excluding hydrogens is 326 g/mol. The molecule has 0 aromatic heterocycles. The van der Waals surface area contributed by atoms with Gasteiger partial charge in [-0.15, -0.1) is 0 Å². The van der Waals surface area contributed by atoms with Crippen LogP contribution >= 0.6 is 11.6 Å². The number of amides is 1. The number of carbonyl (C=O) groups excluding carboxylic acids is 1. The Hall–Kier alpha value is -1.22. The van der Waals surface area contributed by atoms with E-state index in [1.54, 1.807) is 24.3 Å². The maximum atomic E-state index is 11.3. The molecule has 0 aliphatic carbocycles. The van der Waals surface area contributed by atoms with E-state index in [0.29, 0.717) is 10.6 Å². The highest BCUT2D eigenvalue weighted by molar-refractivity contribution is 6.31. The molecule has 4 N–H and O–H groups in total. The molecule has 0 spiro atoms. The van der Waals surface area contributed by atoms with Crippen molar-refractivity contribution in [2.45, 2.75) is 44.2 Å². The molecule has 5 atom stereocenters. The smallest absolute Gasteiger partial charge is 0.217 e. The van der Waals surface area contributed by atoms with Crippen LogP contribution in [0.4, 0.5) is 0 Å². The highest BCUT2D eigenvalue weighted by Crippen LogP contribution is 2.24. The molecule has 128 valence electrons. The lowest BCUT2D eigenvalue weighted by Crippen LogP contribution is -2.64. The Labute approximate surface area is 138 Å². The molecule has 7 nitrogen and oxygen atoms in total. The maximum Gasteiger partial charge on any atom is 0.217 e. The summed E-state index contributed by atoms with van der Waals surface area (Å²) >= 11 is 6.05. The van der Waals surface area contributed by atoms with E-state index >= 15 is 0 Å². The van der Waals surface area contributed by atoms with Gasteiger partial charge in [-0.3, -0.25) is 4.79 Å². The van der Waals surface area contributed by atoms with E-state index in [9.17, 15) is 20.1 Å². The summed E-state index contributed by atoms with van der Waals surface area (Å²) in [5.74, 6) is -0.404. The summed E-state index contributed by atoms with van der Waals surface area (Å²) in [6.45, 7) is 0.876. The van der Waals surface area contributed by atoms with Gasteiger partial charge < -0.3 is 30.1 Å². The number of hydrogen-bond acceptors (Lipinski definition) is 6. The summed E-state index contributed by atoms with van der Waals surface area (Å²) in [6.07, 6.45) is -4.71. The molecule has 1 heterocycles. The molecule has 1 saturated heterocycles. The molecule has 2 rings (SSSR count). The Morgan fingerprint density at radius 2 is 2.04 bits per heavy atom. The predicted octanol–water partition coefficient (Wildman–Crippen LogP) is -0.200. The van der Waals surface area contributed by atoms with Gasteiger partial charge in [-0.1, -0.05) is 29.8 Å². The molecule has 1 aromatic carbocycles. The van der Waals surface area contributed by atoms with Gasteiger partial charge >= 0.3 is 0 Å². The van der Waals surface area contributed by atoms with Crippen molar-refractivity contribution in [2.75, 3.05) is 6.61 Å². The number of ether oxygens (including phenoxy) is 2. The van der Waals surface area contributed by atoms with Crippen molar-refractivity contribution in [2.24, 2.45) is 0 Å². The van der Waals surface area contributed by atoms with Gasteiger partial charge in [0, 0.05) is 11.9 Å². The lowest BCUT2D eigenvalue weighted by molar-refractivity contribution is -0.273. The van der Waals surface area contributed by atoms with Gasteiger partial charge in [-0.25, -0.2) is 0 Å². The van der Waals surface area contributed by atoms with Gasteiger partial charge in [0.1, 0.15) is 24.4 Å². The van der Waals surface area contributed by atoms with Gasteiger partial charge in [0.2, 0.25) is 5.91 Å². The highest BCUT2D eigenvalue weighted by atomic mass is 35.5. The molecular formula is C15H20ClNO6. The average molecular weight is 346 g/mol. The van der Waals surface area contributed by atoms with Crippen molar-refractivity contribution < 1.29 is 29.6 Å². The van der Waals surface area contributed by atoms with Gasteiger partial charge in [-0.05, 0) is 11.6 Å². The SMILES string of the molecule is CC(=O)N[C@@H]1[C@H](OCc2ccccc2Cl)O[C@H](CO)[C@@H](O)[C@@H]1O. The molecule has 0 radical (unpaired) electrons. The summed E-state index contributed by atoms with van der Waals surface area (Å²) in [7, 11) is 0. The Kier molecular flexibility index (Phi) is 6.34. The molecule has 23 heavy (non-hydrogen) atoms. The number of aliphatic hydroxyl groups excluding tert-OH is 3. The third-order valence-electron chi connectivity index (χ3n) is 3.61. The summed E-state index contributed by atoms with van der Waals surface area (Å²) < 4.78 is 11.1. The number of halogens is 1. The van der Waals surface area contributed by atoms with Crippen LogP contribution in [0.3, 0.4) is 0 Å². The first-order valence-electron chi connectivity index (χ1n) is 7.18. The third-order valence-corrected chi connectivity index (χ3v) is 3.98. The average Bonchev–Trinajstić information content (AvgIpc) is 2.52. The van der Waals surface area contributed by atoms with Crippen LogP contribution in [0.15, 0.2) is 24.3 Å². The van der Waals surface area contributed by atoms with Crippen LogP contribution in [0.25, 0.3) is 0 Å². The molecule has 0 saturated carbocycles. The standard InChI is InChI=1S/C15H20ClNO6/c1-8(19)17-12-14(21)13(20)11(6-18)23-15(12)22-7-9-4-2-3-5-10(9)16/h2-5,11-15,18,20-21H,6-7H2,1H3,(H,17,19)/t11-,12+,13-,14-,15-/m1/s1. The molecule has 1 amide bonds. The van der Waals surface area contributed by atoms with Gasteiger partial charge in [0.05, 0.1) is 13.2 Å². The number of carbonyl (C=O) groups is 1. The lowest BCUT2D eigenvalue weighted by atomic mass is 9.97. The van der Waals surface area contributed by atoms with Crippen molar-refractivity contribution in [3.63, 3.8) is 0 Å². The zero-order chi connectivity index (χ0) is 17.0. The maximum absolute atomic E-state index is 11.3. The third kappa shape index (κ3) is 4.41. The van der Waals surface area contributed by atoms with Crippen LogP contribution in [0.2, 0.25) is 5.02 Å². The minimum absolute atomic E-state index is 0.0847. The zero-order valence-electron chi connectivity index (χ0n) is 12.6. The number of benzene rings is 1. The van der Waals surface area contributed by atoms with Crippen LogP contribution < -0.4 is 5.32 Å². The van der Waals surface area contributed by atoms with Gasteiger partial charge in [0.25, 0.3) is 0 Å². The lowest BCUT2D eigenvalue weighted by Gasteiger charge is -2.42. The van der Waals surface area contributed by atoms with E-state index in [1.165, 1.54) is 6.92 Å². The Morgan fingerprint density at radius 3 is 2.65 bits per heavy atom. The van der Waals surface area contributed by atoms with Crippen molar-refractivity contribution >= 4 is 17.5 Å². The number of aliphatic hydroxyl groups is 3. The predicted molar refractivity (Wildman–Crippen MR) is 81.6 cm³/mol. The molecule has 0 bridgehead atoms. The number of hydrogen-bond donors (Lipinski definition) is 4. The Bertz CT molecular complexity index is 542. The highest BCUT2D eigenvalue weighted by Gasteiger charge is 2.45. The summed E-state index contributed by atoms with van der Waals surface area (Å²) in [5.41, 5.74) is 0.709. The molecule has 8 heteroatoms. The van der Waals surface area contributed by atoms with E-state index in [0.717, 1.165) is 0 Å². The Morgan fingerprint density at radius 1 is 1.35 bits per heavy atom. The van der Waals surface area contributed by atoms with E-state index in [2.05, 4.69) is 5.32 Å². The number of nitrogens with one attached hydrogen (secondary N) is 1. The molecule has 1 aliphatic heterocycles. The molecule has 1 aromatic rings. The molecule has 1 aliphatic rings. The second-order valence-electron chi connectivity index (χ2n) is 5.34. The van der Waals surface area contributed by atoms with Gasteiger partial charge in [0.15, 0.2) is 6.29 Å². The van der Waals surface area contributed by atoms with Crippen LogP contribution in [0.1, 0.15) is 12.5 Å². The van der Waals surface area contributed by atoms with Crippen molar-refractivity contribution in [3.8, 4) is 0 Å². The quantitative estimate of drug-likeness (QED) is 0.588. The first-order valence-corrected chi connectivity index (χ1v) is 7.56. The topological polar surface area (TPSA) is 108 Å². The van der Waals surface area contributed by atoms with Crippen LogP contribution in [-0.4, -0.2) is 58.5 Å². The van der Waals surface area contributed by atoms with E-state index in [1.807, 2.05) is 0 Å². The van der Waals surface area contributed by atoms with Crippen LogP contribution in [0.5, 0.6) is 0 Å². The summed E-state index contributed by atoms with van der Waals surface area (Å²) in [5, 5.41) is 32.3. The van der Waals surface area contributed by atoms with E-state index < -0.39 is 43.2 Å². The normalized spacial score (nSPS) is 30.9. The first-order chi connectivity index (χ1) is 10.9. The van der Waals surface area contributed by atoms with E-state index in [-0.39, 0.29) is 6.61 Å². The second-order valence-corrected chi connectivity index (χ2v) is 5.74. The first kappa shape index (κ1) is 18.1. The van der Waals surface area contributed by atoms with Crippen molar-refractivity contribution in [3.05, 3.63) is 34.9 Å². The fourth-order valence-electron chi connectivity index (χ4n) is 2.40. The fourth-order valence-corrected chi connectivity index (χ4v) is 2.59. The molecule has 0 unspecified atom stereocenters. The van der Waals surface area contributed by atoms with Gasteiger partial charge in [-0.2, -0.15) is 0 Å². The summed E-state index contributed by atoms with van der Waals surface area (Å²) in [6, 6.07) is 6.10. The second kappa shape index (κ2) is 8.05. The van der Waals surface area contributed by atoms with Crippen molar-refractivity contribution in [1.82, 2.24) is 5.32 Å². The Balaban J connectivity index is 2.11. The minimum atomic E-state index is -1.34. The zero-order valence-corrected chi connectivity index (χ0v) is 13.3. The molecule has 1 fully saturated rings. The monoisotopic (exact) mass is 345 g/mol. The van der Waals surface area contributed by atoms with Crippen LogP contribution in [0, 0.1) is 0 Å². The largest absolute Gasteiger partial charge is 0.394 e. The van der Waals surface area contributed by atoms with Crippen LogP contribution in [-0.2, 0) is 20.9 Å².